The van der Waals surface area contributed by atoms with Gasteiger partial charge in [-0.25, -0.2) is 4.79 Å². The van der Waals surface area contributed by atoms with Crippen molar-refractivity contribution in [2.75, 3.05) is 13.7 Å². The number of ketones is 1. The Hall–Kier alpha value is -4.66. The summed E-state index contributed by atoms with van der Waals surface area (Å²) in [5, 5.41) is 24.9. The van der Waals surface area contributed by atoms with Crippen LogP contribution in [0.3, 0.4) is 0 Å². The number of nitrogens with one attached hydrogen (secondary N) is 1. The normalized spacial score (nSPS) is 15.4. The third kappa shape index (κ3) is 4.63. The topological polar surface area (TPSA) is 122 Å². The first-order valence-electron chi connectivity index (χ1n) is 11.3. The van der Waals surface area contributed by atoms with Crippen molar-refractivity contribution in [3.05, 3.63) is 105 Å². The molecule has 184 valence electrons. The van der Waals surface area contributed by atoms with Gasteiger partial charge in [0, 0.05) is 12.1 Å². The Balaban J connectivity index is 1.92. The van der Waals surface area contributed by atoms with Crippen LogP contribution < -0.4 is 10.1 Å². The lowest BCUT2D eigenvalue weighted by Crippen LogP contribution is -2.48. The number of methoxy groups -OCH3 is 1. The van der Waals surface area contributed by atoms with E-state index in [0.717, 1.165) is 5.56 Å². The number of hydrogen-bond acceptors (Lipinski definition) is 6. The van der Waals surface area contributed by atoms with Crippen LogP contribution in [0.2, 0.25) is 0 Å². The number of rotatable bonds is 8. The largest absolute Gasteiger partial charge is 0.504 e. The minimum Gasteiger partial charge on any atom is -0.504 e. The summed E-state index contributed by atoms with van der Waals surface area (Å²) >= 11 is 0. The molecular formula is C27H25N3O6. The molecule has 0 unspecified atom stereocenters. The summed E-state index contributed by atoms with van der Waals surface area (Å²) in [5.74, 6) is -1.12. The number of ether oxygens (including phenoxy) is 1. The number of amides is 2. The van der Waals surface area contributed by atoms with Crippen LogP contribution in [0.4, 0.5) is 10.5 Å². The van der Waals surface area contributed by atoms with Crippen molar-refractivity contribution in [3.63, 3.8) is 0 Å². The van der Waals surface area contributed by atoms with E-state index in [1.54, 1.807) is 24.3 Å². The van der Waals surface area contributed by atoms with Gasteiger partial charge in [-0.2, -0.15) is 0 Å². The van der Waals surface area contributed by atoms with Crippen LogP contribution in [0.25, 0.3) is 5.70 Å². The van der Waals surface area contributed by atoms with Gasteiger partial charge in [0.2, 0.25) is 5.75 Å². The lowest BCUT2D eigenvalue weighted by molar-refractivity contribution is -0.386. The first kappa shape index (κ1) is 24.5. The SMILES string of the molecule is COc1c(O)ccc([C@@H]2NC(=O)N(CCc3ccccc3)C(c3ccccc3)=C2C(C)=O)c1[N+](=O)[O-]. The molecule has 2 N–H and O–H groups in total. The van der Waals surface area contributed by atoms with E-state index in [1.807, 2.05) is 36.4 Å². The number of urea groups is 1. The van der Waals surface area contributed by atoms with Gasteiger partial charge in [-0.1, -0.05) is 60.7 Å². The van der Waals surface area contributed by atoms with Crippen LogP contribution >= 0.6 is 0 Å². The zero-order valence-electron chi connectivity index (χ0n) is 19.8. The number of carbonyl (C=O) groups is 2. The zero-order chi connectivity index (χ0) is 25.8. The molecule has 1 aliphatic heterocycles. The molecule has 0 bridgehead atoms. The van der Waals surface area contributed by atoms with E-state index >= 15 is 0 Å². The minimum atomic E-state index is -1.13. The summed E-state index contributed by atoms with van der Waals surface area (Å²) in [5.41, 5.74) is 1.74. The molecule has 0 aromatic heterocycles. The summed E-state index contributed by atoms with van der Waals surface area (Å²) in [4.78, 5) is 39.4. The number of phenols is 1. The van der Waals surface area contributed by atoms with Crippen molar-refractivity contribution in [1.82, 2.24) is 10.2 Å². The average molecular weight is 488 g/mol. The van der Waals surface area contributed by atoms with Gasteiger partial charge in [-0.05, 0) is 36.6 Å². The number of benzene rings is 3. The average Bonchev–Trinajstić information content (AvgIpc) is 2.88. The van der Waals surface area contributed by atoms with E-state index in [9.17, 15) is 24.8 Å². The van der Waals surface area contributed by atoms with E-state index in [-0.39, 0.29) is 29.2 Å². The standard InChI is InChI=1S/C27H25N3O6/c1-17(31)22-23(20-13-14-21(32)26(36-2)25(20)30(34)35)28-27(33)29(16-15-18-9-5-3-6-10-18)24(22)19-11-7-4-8-12-19/h3-14,23,32H,15-16H2,1-2H3,(H,28,33)/t23-/m0/s1. The summed E-state index contributed by atoms with van der Waals surface area (Å²) < 4.78 is 5.10. The van der Waals surface area contributed by atoms with Crippen LogP contribution in [0.1, 0.15) is 29.7 Å². The molecule has 0 saturated heterocycles. The Morgan fingerprint density at radius 2 is 1.72 bits per heavy atom. The zero-order valence-corrected chi connectivity index (χ0v) is 19.8. The highest BCUT2D eigenvalue weighted by Crippen LogP contribution is 2.45. The van der Waals surface area contributed by atoms with Gasteiger partial charge in [-0.15, -0.1) is 0 Å². The molecule has 9 heteroatoms. The van der Waals surface area contributed by atoms with E-state index in [2.05, 4.69) is 5.32 Å². The van der Waals surface area contributed by atoms with Crippen LogP contribution in [0, 0.1) is 10.1 Å². The molecule has 1 aliphatic rings. The molecule has 1 atom stereocenters. The number of phenolic OH excluding ortho intramolecular Hbond substituents is 1. The number of carbonyl (C=O) groups excluding carboxylic acids is 2. The van der Waals surface area contributed by atoms with E-state index in [1.165, 1.54) is 31.1 Å². The van der Waals surface area contributed by atoms with Gasteiger partial charge in [0.15, 0.2) is 11.5 Å². The molecule has 9 nitrogen and oxygen atoms in total. The number of hydrogen-bond donors (Lipinski definition) is 2. The fourth-order valence-corrected chi connectivity index (χ4v) is 4.47. The Morgan fingerprint density at radius 1 is 1.08 bits per heavy atom. The number of nitrogens with zero attached hydrogens (tertiary/aromatic N) is 2. The molecule has 0 radical (unpaired) electrons. The van der Waals surface area contributed by atoms with Gasteiger partial charge in [0.1, 0.15) is 0 Å². The van der Waals surface area contributed by atoms with Crippen molar-refractivity contribution in [1.29, 1.82) is 0 Å². The predicted octanol–water partition coefficient (Wildman–Crippen LogP) is 4.62. The van der Waals surface area contributed by atoms with Gasteiger partial charge in [0.25, 0.3) is 0 Å². The molecule has 0 saturated carbocycles. The van der Waals surface area contributed by atoms with Crippen LogP contribution in [0.5, 0.6) is 11.5 Å². The lowest BCUT2D eigenvalue weighted by atomic mass is 9.88. The highest BCUT2D eigenvalue weighted by atomic mass is 16.6. The number of Topliss-reactive ketones (excluding diaryl/α,β-unsaturated/α-hetero) is 1. The van der Waals surface area contributed by atoms with Crippen molar-refractivity contribution in [2.24, 2.45) is 0 Å². The molecule has 3 aromatic rings. The maximum atomic E-state index is 13.5. The molecule has 4 rings (SSSR count). The van der Waals surface area contributed by atoms with Crippen molar-refractivity contribution in [3.8, 4) is 11.5 Å². The molecule has 0 fully saturated rings. The molecular weight excluding hydrogens is 462 g/mol. The molecule has 1 heterocycles. The van der Waals surface area contributed by atoms with E-state index in [0.29, 0.717) is 17.7 Å². The van der Waals surface area contributed by atoms with Crippen LogP contribution in [0.15, 0.2) is 78.4 Å². The smallest absolute Gasteiger partial charge is 0.322 e. The summed E-state index contributed by atoms with van der Waals surface area (Å²) in [6.45, 7) is 1.65. The number of aromatic hydroxyl groups is 1. The van der Waals surface area contributed by atoms with Crippen LogP contribution in [-0.4, -0.2) is 40.4 Å². The minimum absolute atomic E-state index is 0.0318. The fourth-order valence-electron chi connectivity index (χ4n) is 4.47. The van der Waals surface area contributed by atoms with Crippen LogP contribution in [-0.2, 0) is 11.2 Å². The van der Waals surface area contributed by atoms with Gasteiger partial charge >= 0.3 is 11.7 Å². The Labute approximate surface area is 207 Å². The third-order valence-corrected chi connectivity index (χ3v) is 6.06. The Morgan fingerprint density at radius 3 is 2.31 bits per heavy atom. The molecule has 36 heavy (non-hydrogen) atoms. The number of nitro groups is 1. The first-order valence-corrected chi connectivity index (χ1v) is 11.3. The lowest BCUT2D eigenvalue weighted by Gasteiger charge is -2.37. The monoisotopic (exact) mass is 487 g/mol. The quantitative estimate of drug-likeness (QED) is 0.353. The molecule has 3 aromatic carbocycles. The van der Waals surface area contributed by atoms with Crippen molar-refractivity contribution < 1.29 is 24.4 Å². The second-order valence-corrected chi connectivity index (χ2v) is 8.27. The number of nitro benzene ring substituents is 1. The summed E-state index contributed by atoms with van der Waals surface area (Å²) in [6, 6.07) is 19.6. The highest BCUT2D eigenvalue weighted by Gasteiger charge is 2.40. The third-order valence-electron chi connectivity index (χ3n) is 6.06. The predicted molar refractivity (Wildman–Crippen MR) is 133 cm³/mol. The Bertz CT molecular complexity index is 1340. The summed E-state index contributed by atoms with van der Waals surface area (Å²) in [7, 11) is 1.20. The highest BCUT2D eigenvalue weighted by molar-refractivity contribution is 6.07. The van der Waals surface area contributed by atoms with E-state index < -0.39 is 28.4 Å². The maximum absolute atomic E-state index is 13.5. The summed E-state index contributed by atoms with van der Waals surface area (Å²) in [6.07, 6.45) is 0.535. The Kier molecular flexibility index (Phi) is 7.00. The van der Waals surface area contributed by atoms with E-state index in [4.69, 9.17) is 4.74 Å². The molecule has 0 spiro atoms. The fraction of sp³-hybridized carbons (Fsp3) is 0.185. The second-order valence-electron chi connectivity index (χ2n) is 8.27. The van der Waals surface area contributed by atoms with Crippen molar-refractivity contribution >= 4 is 23.2 Å². The van der Waals surface area contributed by atoms with Gasteiger partial charge < -0.3 is 15.2 Å². The van der Waals surface area contributed by atoms with Gasteiger partial charge in [-0.3, -0.25) is 19.8 Å². The maximum Gasteiger partial charge on any atom is 0.322 e. The first-order chi connectivity index (χ1) is 17.3. The molecule has 0 aliphatic carbocycles. The van der Waals surface area contributed by atoms with Gasteiger partial charge in [0.05, 0.1) is 29.3 Å². The molecule has 2 amide bonds. The second kappa shape index (κ2) is 10.3. The van der Waals surface area contributed by atoms with Crippen molar-refractivity contribution in [2.45, 2.75) is 19.4 Å².